The second-order valence-electron chi connectivity index (χ2n) is 5.35. The van der Waals surface area contributed by atoms with E-state index in [0.717, 1.165) is 28.9 Å². The summed E-state index contributed by atoms with van der Waals surface area (Å²) in [6, 6.07) is 15.0. The van der Waals surface area contributed by atoms with Gasteiger partial charge in [-0.3, -0.25) is 0 Å². The first-order valence-electron chi connectivity index (χ1n) is 7.34. The topological polar surface area (TPSA) is 12.0 Å². The van der Waals surface area contributed by atoms with Gasteiger partial charge in [0.15, 0.2) is 0 Å². The van der Waals surface area contributed by atoms with Crippen LogP contribution in [-0.2, 0) is 6.42 Å². The van der Waals surface area contributed by atoms with Crippen molar-refractivity contribution in [1.82, 2.24) is 5.32 Å². The molecule has 0 radical (unpaired) electrons. The molecule has 0 fully saturated rings. The highest BCUT2D eigenvalue weighted by atomic mass is 79.9. The molecule has 0 aliphatic heterocycles. The molecule has 0 aliphatic rings. The van der Waals surface area contributed by atoms with Crippen molar-refractivity contribution in [3.05, 3.63) is 68.7 Å². The van der Waals surface area contributed by atoms with Gasteiger partial charge >= 0.3 is 0 Å². The van der Waals surface area contributed by atoms with Crippen LogP contribution in [0.3, 0.4) is 0 Å². The molecule has 0 amide bonds. The molecule has 1 nitrogen and oxygen atoms in total. The van der Waals surface area contributed by atoms with Crippen LogP contribution in [0.5, 0.6) is 0 Å². The van der Waals surface area contributed by atoms with Gasteiger partial charge in [-0.2, -0.15) is 0 Å². The van der Waals surface area contributed by atoms with Crippen LogP contribution in [0.25, 0.3) is 0 Å². The van der Waals surface area contributed by atoms with E-state index < -0.39 is 0 Å². The van der Waals surface area contributed by atoms with Crippen molar-refractivity contribution in [2.75, 3.05) is 6.54 Å². The highest BCUT2D eigenvalue weighted by Crippen LogP contribution is 2.25. The molecule has 2 aromatic rings. The third kappa shape index (κ3) is 4.84. The van der Waals surface area contributed by atoms with Gasteiger partial charge in [-0.15, -0.1) is 0 Å². The first-order chi connectivity index (χ1) is 10.1. The molecule has 0 aromatic heterocycles. The number of hydrogen-bond acceptors (Lipinski definition) is 1. The quantitative estimate of drug-likeness (QED) is 0.692. The fraction of sp³-hybridized carbons (Fsp3) is 0.333. The zero-order chi connectivity index (χ0) is 15.2. The second kappa shape index (κ2) is 7.98. The van der Waals surface area contributed by atoms with Crippen LogP contribution >= 0.6 is 27.5 Å². The largest absolute Gasteiger partial charge is 0.310 e. The van der Waals surface area contributed by atoms with Gasteiger partial charge in [-0.05, 0) is 61.2 Å². The van der Waals surface area contributed by atoms with Crippen LogP contribution in [0.15, 0.2) is 46.9 Å². The highest BCUT2D eigenvalue weighted by molar-refractivity contribution is 9.10. The maximum atomic E-state index is 6.10. The predicted octanol–water partition coefficient (Wildman–Crippen LogP) is 5.69. The zero-order valence-electron chi connectivity index (χ0n) is 12.5. The van der Waals surface area contributed by atoms with Gasteiger partial charge in [0.2, 0.25) is 0 Å². The van der Waals surface area contributed by atoms with Crippen LogP contribution in [-0.4, -0.2) is 6.54 Å². The molecule has 1 N–H and O–H groups in total. The molecule has 2 aromatic carbocycles. The molecule has 2 rings (SSSR count). The Morgan fingerprint density at radius 2 is 2.00 bits per heavy atom. The molecule has 21 heavy (non-hydrogen) atoms. The fourth-order valence-electron chi connectivity index (χ4n) is 2.35. The molecule has 3 heteroatoms. The van der Waals surface area contributed by atoms with Crippen molar-refractivity contribution in [3.63, 3.8) is 0 Å². The minimum Gasteiger partial charge on any atom is -0.310 e. The Kier molecular flexibility index (Phi) is 6.28. The summed E-state index contributed by atoms with van der Waals surface area (Å²) in [7, 11) is 0. The molecule has 0 heterocycles. The summed E-state index contributed by atoms with van der Waals surface area (Å²) in [4.78, 5) is 0. The molecule has 112 valence electrons. The molecule has 0 aliphatic carbocycles. The Hall–Kier alpha value is -0.830. The van der Waals surface area contributed by atoms with Gasteiger partial charge in [-0.1, -0.05) is 58.7 Å². The van der Waals surface area contributed by atoms with E-state index in [1.54, 1.807) is 0 Å². The molecule has 1 atom stereocenters. The van der Waals surface area contributed by atoms with Crippen LogP contribution in [0.2, 0.25) is 5.02 Å². The van der Waals surface area contributed by atoms with Gasteiger partial charge < -0.3 is 5.32 Å². The van der Waals surface area contributed by atoms with Crippen LogP contribution in [0.1, 0.15) is 36.1 Å². The summed E-state index contributed by atoms with van der Waals surface area (Å²) in [5.41, 5.74) is 3.82. The summed E-state index contributed by atoms with van der Waals surface area (Å²) >= 11 is 9.73. The van der Waals surface area contributed by atoms with Crippen molar-refractivity contribution in [2.24, 2.45) is 0 Å². The number of halogens is 2. The molecule has 0 saturated heterocycles. The van der Waals surface area contributed by atoms with Crippen molar-refractivity contribution in [3.8, 4) is 0 Å². The monoisotopic (exact) mass is 365 g/mol. The lowest BCUT2D eigenvalue weighted by Crippen LogP contribution is -2.24. The first-order valence-corrected chi connectivity index (χ1v) is 8.51. The lowest BCUT2D eigenvalue weighted by Gasteiger charge is -2.20. The van der Waals surface area contributed by atoms with Gasteiger partial charge in [0.25, 0.3) is 0 Å². The SMILES string of the molecule is CCCNC(Cc1cccc(Cl)c1)c1ccc(C)c(Br)c1. The van der Waals surface area contributed by atoms with Gasteiger partial charge in [-0.25, -0.2) is 0 Å². The Labute approximate surface area is 140 Å². The summed E-state index contributed by atoms with van der Waals surface area (Å²) in [5.74, 6) is 0. The minimum absolute atomic E-state index is 0.306. The minimum atomic E-state index is 0.306. The summed E-state index contributed by atoms with van der Waals surface area (Å²) < 4.78 is 1.16. The van der Waals surface area contributed by atoms with E-state index in [9.17, 15) is 0 Å². The van der Waals surface area contributed by atoms with Crippen molar-refractivity contribution < 1.29 is 0 Å². The highest BCUT2D eigenvalue weighted by Gasteiger charge is 2.13. The number of aryl methyl sites for hydroxylation is 1. The predicted molar refractivity (Wildman–Crippen MR) is 95.1 cm³/mol. The number of hydrogen-bond donors (Lipinski definition) is 1. The van der Waals surface area contributed by atoms with Crippen LogP contribution in [0.4, 0.5) is 0 Å². The Morgan fingerprint density at radius 1 is 1.19 bits per heavy atom. The van der Waals surface area contributed by atoms with E-state index in [1.807, 2.05) is 18.2 Å². The average Bonchev–Trinajstić information content (AvgIpc) is 2.46. The maximum absolute atomic E-state index is 6.10. The van der Waals surface area contributed by atoms with E-state index >= 15 is 0 Å². The third-order valence-electron chi connectivity index (χ3n) is 3.57. The normalized spacial score (nSPS) is 12.4. The third-order valence-corrected chi connectivity index (χ3v) is 4.66. The molecular formula is C18H21BrClN. The van der Waals surface area contributed by atoms with E-state index in [-0.39, 0.29) is 0 Å². The molecule has 0 bridgehead atoms. The van der Waals surface area contributed by atoms with Crippen molar-refractivity contribution >= 4 is 27.5 Å². The Morgan fingerprint density at radius 3 is 2.67 bits per heavy atom. The lowest BCUT2D eigenvalue weighted by molar-refractivity contribution is 0.529. The number of rotatable bonds is 6. The smallest absolute Gasteiger partial charge is 0.0408 e. The summed E-state index contributed by atoms with van der Waals surface area (Å²) in [6.45, 7) is 5.31. The number of nitrogens with one attached hydrogen (secondary N) is 1. The lowest BCUT2D eigenvalue weighted by atomic mass is 9.98. The van der Waals surface area contributed by atoms with Crippen LogP contribution in [0, 0.1) is 6.92 Å². The van der Waals surface area contributed by atoms with E-state index in [1.165, 1.54) is 16.7 Å². The van der Waals surface area contributed by atoms with Crippen molar-refractivity contribution in [1.29, 1.82) is 0 Å². The molecular weight excluding hydrogens is 346 g/mol. The van der Waals surface area contributed by atoms with Gasteiger partial charge in [0.1, 0.15) is 0 Å². The average molecular weight is 367 g/mol. The summed E-state index contributed by atoms with van der Waals surface area (Å²) in [6.07, 6.45) is 2.06. The number of benzene rings is 2. The van der Waals surface area contributed by atoms with Crippen LogP contribution < -0.4 is 5.32 Å². The van der Waals surface area contributed by atoms with E-state index in [2.05, 4.69) is 59.4 Å². The molecule has 0 saturated carbocycles. The van der Waals surface area contributed by atoms with Gasteiger partial charge in [0.05, 0.1) is 0 Å². The van der Waals surface area contributed by atoms with Gasteiger partial charge in [0, 0.05) is 15.5 Å². The first kappa shape index (κ1) is 16.5. The van der Waals surface area contributed by atoms with E-state index in [4.69, 9.17) is 11.6 Å². The van der Waals surface area contributed by atoms with Crippen molar-refractivity contribution in [2.45, 2.75) is 32.7 Å². The second-order valence-corrected chi connectivity index (χ2v) is 6.64. The fourth-order valence-corrected chi connectivity index (χ4v) is 2.96. The zero-order valence-corrected chi connectivity index (χ0v) is 14.8. The Balaban J connectivity index is 2.22. The maximum Gasteiger partial charge on any atom is 0.0408 e. The van der Waals surface area contributed by atoms with E-state index in [0.29, 0.717) is 6.04 Å². The molecule has 0 spiro atoms. The molecule has 1 unspecified atom stereocenters. The standard InChI is InChI=1S/C18H21BrClN/c1-3-9-21-18(11-14-5-4-6-16(20)10-14)15-8-7-13(2)17(19)12-15/h4-8,10,12,18,21H,3,9,11H2,1-2H3. The summed E-state index contributed by atoms with van der Waals surface area (Å²) in [5, 5.41) is 4.43. The Bertz CT molecular complexity index is 598.